The van der Waals surface area contributed by atoms with Crippen LogP contribution in [0.15, 0.2) is 42.7 Å². The van der Waals surface area contributed by atoms with E-state index in [1.165, 1.54) is 0 Å². The molecular formula is C26H28O4. The van der Waals surface area contributed by atoms with Crippen molar-refractivity contribution >= 4 is 32.7 Å². The highest BCUT2D eigenvalue weighted by molar-refractivity contribution is 6.14. The van der Waals surface area contributed by atoms with Gasteiger partial charge in [-0.15, -0.1) is 0 Å². The Morgan fingerprint density at radius 1 is 0.600 bits per heavy atom. The van der Waals surface area contributed by atoms with E-state index < -0.39 is 11.3 Å². The fourth-order valence-electron chi connectivity index (χ4n) is 4.23. The Hall–Kier alpha value is -2.88. The van der Waals surface area contributed by atoms with Crippen LogP contribution in [0.25, 0.3) is 32.7 Å². The number of hydrogen-bond donors (Lipinski definition) is 0. The maximum absolute atomic E-state index is 13.2. The molecule has 0 aliphatic rings. The molecule has 0 N–H and O–H groups in total. The van der Waals surface area contributed by atoms with Gasteiger partial charge < -0.3 is 8.83 Å². The van der Waals surface area contributed by atoms with Crippen molar-refractivity contribution in [1.82, 2.24) is 0 Å². The summed E-state index contributed by atoms with van der Waals surface area (Å²) < 4.78 is 11.8. The Labute approximate surface area is 175 Å². The standard InChI is InChI=1S/C26H28O4/c1-13-9-15-19-20(24(28)29-21(15)17(11-13)25(3,4)5)16-10-14(2)12-18(26(6,7)8)22(16)30-23(19)27/h9-12H,1-8H3. The number of hydrogen-bond acceptors (Lipinski definition) is 4. The molecule has 0 amide bonds. The van der Waals surface area contributed by atoms with Crippen molar-refractivity contribution in [2.45, 2.75) is 66.2 Å². The summed E-state index contributed by atoms with van der Waals surface area (Å²) in [6, 6.07) is 7.83. The van der Waals surface area contributed by atoms with E-state index in [-0.39, 0.29) is 10.8 Å². The fraction of sp³-hybridized carbons (Fsp3) is 0.385. The summed E-state index contributed by atoms with van der Waals surface area (Å²) in [6.07, 6.45) is 0. The van der Waals surface area contributed by atoms with Crippen LogP contribution < -0.4 is 11.3 Å². The van der Waals surface area contributed by atoms with Crippen molar-refractivity contribution in [3.63, 3.8) is 0 Å². The van der Waals surface area contributed by atoms with Crippen LogP contribution >= 0.6 is 0 Å². The van der Waals surface area contributed by atoms with Gasteiger partial charge in [-0.05, 0) is 47.9 Å². The molecule has 0 saturated carbocycles. The Balaban J connectivity index is 2.35. The molecule has 0 atom stereocenters. The smallest absolute Gasteiger partial charge is 0.345 e. The minimum atomic E-state index is -0.504. The molecule has 4 heteroatoms. The van der Waals surface area contributed by atoms with Crippen molar-refractivity contribution < 1.29 is 8.83 Å². The van der Waals surface area contributed by atoms with E-state index in [9.17, 15) is 9.59 Å². The third-order valence-corrected chi connectivity index (χ3v) is 5.67. The summed E-state index contributed by atoms with van der Waals surface area (Å²) in [5.41, 5.74) is 3.21. The summed E-state index contributed by atoms with van der Waals surface area (Å²) in [4.78, 5) is 26.5. The average Bonchev–Trinajstić information content (AvgIpc) is 2.59. The van der Waals surface area contributed by atoms with Gasteiger partial charge >= 0.3 is 11.3 Å². The van der Waals surface area contributed by atoms with Crippen LogP contribution in [0.5, 0.6) is 0 Å². The molecule has 2 aromatic heterocycles. The number of benzene rings is 2. The summed E-state index contributed by atoms with van der Waals surface area (Å²) in [5, 5.41) is 1.86. The Morgan fingerprint density at radius 3 is 1.23 bits per heavy atom. The van der Waals surface area contributed by atoms with Crippen molar-refractivity contribution in [2.24, 2.45) is 0 Å². The van der Waals surface area contributed by atoms with Crippen LogP contribution in [0, 0.1) is 13.8 Å². The molecule has 0 radical (unpaired) electrons. The summed E-state index contributed by atoms with van der Waals surface area (Å²) in [7, 11) is 0. The molecule has 0 bridgehead atoms. The minimum Gasteiger partial charge on any atom is -0.422 e. The zero-order valence-corrected chi connectivity index (χ0v) is 18.9. The first-order valence-corrected chi connectivity index (χ1v) is 10.3. The lowest BCUT2D eigenvalue weighted by molar-refractivity contribution is 0.526. The third-order valence-electron chi connectivity index (χ3n) is 5.67. The van der Waals surface area contributed by atoms with Crippen molar-refractivity contribution in [3.05, 3.63) is 67.4 Å². The van der Waals surface area contributed by atoms with Gasteiger partial charge in [0.25, 0.3) is 0 Å². The molecule has 0 unspecified atom stereocenters. The first kappa shape index (κ1) is 20.4. The average molecular weight is 405 g/mol. The highest BCUT2D eigenvalue weighted by Crippen LogP contribution is 2.37. The molecular weight excluding hydrogens is 376 g/mol. The third kappa shape index (κ3) is 3.06. The SMILES string of the molecule is Cc1cc(C(C)(C)C)c2oc(=O)c3c4cc(C)cc(C(C)(C)C)c4oc(=O)c3c2c1. The summed E-state index contributed by atoms with van der Waals surface area (Å²) in [6.45, 7) is 16.3. The van der Waals surface area contributed by atoms with Crippen molar-refractivity contribution in [3.8, 4) is 0 Å². The zero-order chi connectivity index (χ0) is 22.2. The van der Waals surface area contributed by atoms with E-state index in [4.69, 9.17) is 8.83 Å². The van der Waals surface area contributed by atoms with Crippen LogP contribution in [-0.2, 0) is 10.8 Å². The van der Waals surface area contributed by atoms with Gasteiger partial charge in [-0.1, -0.05) is 53.7 Å². The van der Waals surface area contributed by atoms with Gasteiger partial charge in [0.2, 0.25) is 0 Å². The molecule has 4 nitrogen and oxygen atoms in total. The second kappa shape index (κ2) is 6.31. The van der Waals surface area contributed by atoms with Crippen LogP contribution in [0.3, 0.4) is 0 Å². The van der Waals surface area contributed by atoms with Gasteiger partial charge in [-0.25, -0.2) is 9.59 Å². The van der Waals surface area contributed by atoms with E-state index in [1.54, 1.807) is 0 Å². The molecule has 2 heterocycles. The minimum absolute atomic E-state index is 0.249. The predicted molar refractivity (Wildman–Crippen MR) is 123 cm³/mol. The molecule has 0 aliphatic carbocycles. The van der Waals surface area contributed by atoms with Gasteiger partial charge in [-0.3, -0.25) is 0 Å². The van der Waals surface area contributed by atoms with Crippen molar-refractivity contribution in [2.75, 3.05) is 0 Å². The lowest BCUT2D eigenvalue weighted by Gasteiger charge is -2.22. The maximum atomic E-state index is 13.2. The Kier molecular flexibility index (Phi) is 4.29. The molecule has 30 heavy (non-hydrogen) atoms. The van der Waals surface area contributed by atoms with E-state index in [0.29, 0.717) is 32.7 Å². The number of fused-ring (bicyclic) bond motifs is 5. The van der Waals surface area contributed by atoms with Gasteiger partial charge in [-0.2, -0.15) is 0 Å². The van der Waals surface area contributed by atoms with Crippen molar-refractivity contribution in [1.29, 1.82) is 0 Å². The number of aryl methyl sites for hydroxylation is 2. The van der Waals surface area contributed by atoms with E-state index in [0.717, 1.165) is 22.3 Å². The number of rotatable bonds is 0. The van der Waals surface area contributed by atoms with Crippen LogP contribution in [0.2, 0.25) is 0 Å². The van der Waals surface area contributed by atoms with Gasteiger partial charge in [0.1, 0.15) is 11.2 Å². The normalized spacial score (nSPS) is 12.9. The lowest BCUT2D eigenvalue weighted by atomic mass is 9.83. The van der Waals surface area contributed by atoms with Gasteiger partial charge in [0.15, 0.2) is 0 Å². The molecule has 0 saturated heterocycles. The van der Waals surface area contributed by atoms with Gasteiger partial charge in [0, 0.05) is 21.9 Å². The van der Waals surface area contributed by atoms with Crippen LogP contribution in [-0.4, -0.2) is 0 Å². The summed E-state index contributed by atoms with van der Waals surface area (Å²) in [5.74, 6) is 0. The molecule has 2 aromatic carbocycles. The second-order valence-corrected chi connectivity index (χ2v) is 10.4. The topological polar surface area (TPSA) is 60.4 Å². The fourth-order valence-corrected chi connectivity index (χ4v) is 4.23. The Morgan fingerprint density at radius 2 is 0.933 bits per heavy atom. The zero-order valence-electron chi connectivity index (χ0n) is 18.9. The molecule has 0 aliphatic heterocycles. The largest absolute Gasteiger partial charge is 0.422 e. The first-order chi connectivity index (χ1) is 13.8. The molecule has 0 fully saturated rings. The molecule has 4 aromatic rings. The molecule has 156 valence electrons. The van der Waals surface area contributed by atoms with E-state index in [1.807, 2.05) is 38.1 Å². The second-order valence-electron chi connectivity index (χ2n) is 10.4. The Bertz CT molecular complexity index is 1340. The predicted octanol–water partition coefficient (Wildman–Crippen LogP) is 6.26. The van der Waals surface area contributed by atoms with Crippen LogP contribution in [0.4, 0.5) is 0 Å². The summed E-state index contributed by atoms with van der Waals surface area (Å²) >= 11 is 0. The highest BCUT2D eigenvalue weighted by atomic mass is 16.4. The maximum Gasteiger partial charge on any atom is 0.345 e. The van der Waals surface area contributed by atoms with Crippen LogP contribution in [0.1, 0.15) is 63.8 Å². The molecule has 4 rings (SSSR count). The molecule has 0 spiro atoms. The lowest BCUT2D eigenvalue weighted by Crippen LogP contribution is -2.17. The van der Waals surface area contributed by atoms with E-state index >= 15 is 0 Å². The first-order valence-electron chi connectivity index (χ1n) is 10.3. The van der Waals surface area contributed by atoms with Gasteiger partial charge in [0.05, 0.1) is 10.8 Å². The highest BCUT2D eigenvalue weighted by Gasteiger charge is 2.26. The quantitative estimate of drug-likeness (QED) is 0.256. The van der Waals surface area contributed by atoms with E-state index in [2.05, 4.69) is 41.5 Å². The monoisotopic (exact) mass is 404 g/mol.